The van der Waals surface area contributed by atoms with Gasteiger partial charge in [-0.2, -0.15) is 0 Å². The van der Waals surface area contributed by atoms with Crippen LogP contribution in [0.5, 0.6) is 0 Å². The van der Waals surface area contributed by atoms with E-state index in [-0.39, 0.29) is 11.4 Å². The van der Waals surface area contributed by atoms with E-state index in [4.69, 9.17) is 11.6 Å². The Morgan fingerprint density at radius 2 is 2.05 bits per heavy atom. The summed E-state index contributed by atoms with van der Waals surface area (Å²) in [5, 5.41) is 3.49. The smallest absolute Gasteiger partial charge is 0.271 e. The number of halogens is 1. The molecule has 4 nitrogen and oxygen atoms in total. The molecule has 5 heteroatoms. The van der Waals surface area contributed by atoms with Gasteiger partial charge in [-0.05, 0) is 45.9 Å². The Balaban J connectivity index is 2.10. The number of hydrogen-bond acceptors (Lipinski definition) is 3. The van der Waals surface area contributed by atoms with Crippen molar-refractivity contribution in [3.8, 4) is 0 Å². The van der Waals surface area contributed by atoms with Crippen molar-refractivity contribution in [3.63, 3.8) is 0 Å². The maximum Gasteiger partial charge on any atom is 0.271 e. The largest absolute Gasteiger partial charge is 0.345 e. The molecule has 1 amide bonds. The Labute approximate surface area is 119 Å². The van der Waals surface area contributed by atoms with E-state index in [2.05, 4.69) is 29.2 Å². The van der Waals surface area contributed by atoms with Crippen LogP contribution in [0, 0.1) is 6.92 Å². The highest BCUT2D eigenvalue weighted by molar-refractivity contribution is 6.33. The van der Waals surface area contributed by atoms with E-state index in [0.29, 0.717) is 10.7 Å². The van der Waals surface area contributed by atoms with E-state index in [0.717, 1.165) is 31.6 Å². The molecule has 1 fully saturated rings. The molecular formula is C14H20ClN3O. The molecule has 19 heavy (non-hydrogen) atoms. The second-order valence-corrected chi connectivity index (χ2v) is 6.01. The molecule has 0 atom stereocenters. The molecule has 0 radical (unpaired) electrons. The third kappa shape index (κ3) is 3.45. The maximum atomic E-state index is 12.3. The second-order valence-electron chi connectivity index (χ2n) is 5.60. The molecule has 1 aliphatic rings. The molecule has 1 saturated heterocycles. The van der Waals surface area contributed by atoms with Crippen molar-refractivity contribution in [2.24, 2.45) is 0 Å². The van der Waals surface area contributed by atoms with Gasteiger partial charge in [0, 0.05) is 24.3 Å². The summed E-state index contributed by atoms with van der Waals surface area (Å²) in [7, 11) is 2.10. The van der Waals surface area contributed by atoms with Gasteiger partial charge in [0.25, 0.3) is 5.91 Å². The number of aromatic nitrogens is 1. The van der Waals surface area contributed by atoms with Gasteiger partial charge in [0.05, 0.1) is 5.02 Å². The van der Waals surface area contributed by atoms with Crippen LogP contribution < -0.4 is 5.32 Å². The van der Waals surface area contributed by atoms with Gasteiger partial charge in [0.2, 0.25) is 0 Å². The predicted molar refractivity (Wildman–Crippen MR) is 76.6 cm³/mol. The molecule has 0 bridgehead atoms. The van der Waals surface area contributed by atoms with Crippen LogP contribution in [0.15, 0.2) is 12.1 Å². The zero-order valence-electron chi connectivity index (χ0n) is 11.7. The number of aryl methyl sites for hydroxylation is 1. The van der Waals surface area contributed by atoms with E-state index in [9.17, 15) is 4.79 Å². The SMILES string of the molecule is Cc1ccc(Cl)c(C(=O)NC2(C)CCN(C)CC2)n1. The van der Waals surface area contributed by atoms with Crippen LogP contribution in [-0.4, -0.2) is 41.5 Å². The Kier molecular flexibility index (Phi) is 4.11. The van der Waals surface area contributed by atoms with Gasteiger partial charge in [0.15, 0.2) is 0 Å². The minimum Gasteiger partial charge on any atom is -0.345 e. The predicted octanol–water partition coefficient (Wildman–Crippen LogP) is 2.26. The number of likely N-dealkylation sites (tertiary alicyclic amines) is 1. The molecule has 0 saturated carbocycles. The molecule has 2 heterocycles. The molecule has 0 aliphatic carbocycles. The fourth-order valence-corrected chi connectivity index (χ4v) is 2.46. The number of pyridine rings is 1. The van der Waals surface area contributed by atoms with Crippen molar-refractivity contribution in [2.75, 3.05) is 20.1 Å². The summed E-state index contributed by atoms with van der Waals surface area (Å²) in [6.07, 6.45) is 1.89. The number of piperidine rings is 1. The van der Waals surface area contributed by atoms with Crippen molar-refractivity contribution < 1.29 is 4.79 Å². The summed E-state index contributed by atoms with van der Waals surface area (Å²) < 4.78 is 0. The lowest BCUT2D eigenvalue weighted by Gasteiger charge is -2.38. The number of carbonyl (C=O) groups is 1. The van der Waals surface area contributed by atoms with E-state index in [1.54, 1.807) is 12.1 Å². The minimum absolute atomic E-state index is 0.168. The van der Waals surface area contributed by atoms with Gasteiger partial charge in [-0.1, -0.05) is 11.6 Å². The number of hydrogen-bond donors (Lipinski definition) is 1. The summed E-state index contributed by atoms with van der Waals surface area (Å²) in [5.41, 5.74) is 0.947. The van der Waals surface area contributed by atoms with Gasteiger partial charge in [-0.3, -0.25) is 4.79 Å². The molecule has 2 rings (SSSR count). The molecule has 1 aromatic rings. The van der Waals surface area contributed by atoms with Crippen molar-refractivity contribution in [1.82, 2.24) is 15.2 Å². The zero-order chi connectivity index (χ0) is 14.0. The van der Waals surface area contributed by atoms with Crippen molar-refractivity contribution in [3.05, 3.63) is 28.5 Å². The summed E-state index contributed by atoms with van der Waals surface area (Å²) in [5.74, 6) is -0.180. The average molecular weight is 282 g/mol. The monoisotopic (exact) mass is 281 g/mol. The highest BCUT2D eigenvalue weighted by Gasteiger charge is 2.31. The first-order chi connectivity index (χ1) is 8.89. The van der Waals surface area contributed by atoms with Crippen LogP contribution in [0.25, 0.3) is 0 Å². The van der Waals surface area contributed by atoms with E-state index >= 15 is 0 Å². The van der Waals surface area contributed by atoms with Crippen LogP contribution in [0.3, 0.4) is 0 Å². The molecule has 1 aliphatic heterocycles. The Morgan fingerprint density at radius 3 is 2.68 bits per heavy atom. The molecule has 0 spiro atoms. The third-order valence-corrected chi connectivity index (χ3v) is 4.01. The first-order valence-corrected chi connectivity index (χ1v) is 6.92. The quantitative estimate of drug-likeness (QED) is 0.904. The molecule has 0 aromatic carbocycles. The number of nitrogens with zero attached hydrogens (tertiary/aromatic N) is 2. The highest BCUT2D eigenvalue weighted by Crippen LogP contribution is 2.22. The molecular weight excluding hydrogens is 262 g/mol. The first-order valence-electron chi connectivity index (χ1n) is 6.54. The van der Waals surface area contributed by atoms with Crippen molar-refractivity contribution in [1.29, 1.82) is 0 Å². The van der Waals surface area contributed by atoms with E-state index in [1.165, 1.54) is 0 Å². The van der Waals surface area contributed by atoms with Gasteiger partial charge in [-0.25, -0.2) is 4.98 Å². The highest BCUT2D eigenvalue weighted by atomic mass is 35.5. The fourth-order valence-electron chi connectivity index (χ4n) is 2.27. The summed E-state index contributed by atoms with van der Waals surface area (Å²) in [6.45, 7) is 5.92. The minimum atomic E-state index is -0.180. The van der Waals surface area contributed by atoms with Crippen molar-refractivity contribution >= 4 is 17.5 Å². The second kappa shape index (κ2) is 5.47. The number of nitrogens with one attached hydrogen (secondary N) is 1. The Hall–Kier alpha value is -1.13. The van der Waals surface area contributed by atoms with Gasteiger partial charge < -0.3 is 10.2 Å². The van der Waals surface area contributed by atoms with Crippen LogP contribution in [-0.2, 0) is 0 Å². The Bertz CT molecular complexity index is 482. The third-order valence-electron chi connectivity index (χ3n) is 3.71. The molecule has 104 valence electrons. The Morgan fingerprint density at radius 1 is 1.42 bits per heavy atom. The van der Waals surface area contributed by atoms with Crippen LogP contribution in [0.1, 0.15) is 35.9 Å². The van der Waals surface area contributed by atoms with Crippen LogP contribution >= 0.6 is 11.6 Å². The van der Waals surface area contributed by atoms with Gasteiger partial charge >= 0.3 is 0 Å². The molecule has 0 unspecified atom stereocenters. The summed E-state index contributed by atoms with van der Waals surface area (Å²) in [6, 6.07) is 3.52. The first kappa shape index (κ1) is 14.3. The normalized spacial score (nSPS) is 19.2. The lowest BCUT2D eigenvalue weighted by atomic mass is 9.89. The number of carbonyl (C=O) groups excluding carboxylic acids is 1. The topological polar surface area (TPSA) is 45.2 Å². The van der Waals surface area contributed by atoms with E-state index in [1.807, 2.05) is 6.92 Å². The average Bonchev–Trinajstić information content (AvgIpc) is 2.36. The fraction of sp³-hybridized carbons (Fsp3) is 0.571. The van der Waals surface area contributed by atoms with Crippen LogP contribution in [0.2, 0.25) is 5.02 Å². The maximum absolute atomic E-state index is 12.3. The zero-order valence-corrected chi connectivity index (χ0v) is 12.4. The standard InChI is InChI=1S/C14H20ClN3O/c1-10-4-5-11(15)12(16-10)13(19)17-14(2)6-8-18(3)9-7-14/h4-5H,6-9H2,1-3H3,(H,17,19). The van der Waals surface area contributed by atoms with Crippen LogP contribution in [0.4, 0.5) is 0 Å². The molecule has 1 N–H and O–H groups in total. The summed E-state index contributed by atoms with van der Waals surface area (Å²) in [4.78, 5) is 18.8. The van der Waals surface area contributed by atoms with Crippen molar-refractivity contribution in [2.45, 2.75) is 32.2 Å². The van der Waals surface area contributed by atoms with Gasteiger partial charge in [-0.15, -0.1) is 0 Å². The van der Waals surface area contributed by atoms with E-state index < -0.39 is 0 Å². The number of amides is 1. The van der Waals surface area contributed by atoms with Gasteiger partial charge in [0.1, 0.15) is 5.69 Å². The molecule has 1 aromatic heterocycles. The summed E-state index contributed by atoms with van der Waals surface area (Å²) >= 11 is 6.05. The lowest BCUT2D eigenvalue weighted by Crippen LogP contribution is -2.52. The number of rotatable bonds is 2. The lowest BCUT2D eigenvalue weighted by molar-refractivity contribution is 0.0847.